The molecule has 8 nitrogen and oxygen atoms in total. The number of nitrogens with zero attached hydrogens (tertiary/aromatic N) is 3. The third-order valence-corrected chi connectivity index (χ3v) is 4.16. The molecule has 2 heterocycles. The second kappa shape index (κ2) is 6.24. The summed E-state index contributed by atoms with van der Waals surface area (Å²) in [7, 11) is -3.65. The van der Waals surface area contributed by atoms with Gasteiger partial charge in [0, 0.05) is 26.1 Å². The number of pyridine rings is 1. The molecule has 0 spiro atoms. The van der Waals surface area contributed by atoms with Crippen molar-refractivity contribution in [2.24, 2.45) is 5.73 Å². The molecule has 0 radical (unpaired) electrons. The van der Waals surface area contributed by atoms with Gasteiger partial charge < -0.3 is 10.3 Å². The lowest BCUT2D eigenvalue weighted by Crippen LogP contribution is -2.26. The number of hydrogen-bond acceptors (Lipinski definition) is 7. The minimum absolute atomic E-state index is 0.0341. The van der Waals surface area contributed by atoms with E-state index in [0.29, 0.717) is 23.8 Å². The molecule has 0 saturated heterocycles. The van der Waals surface area contributed by atoms with E-state index in [1.807, 2.05) is 0 Å². The van der Waals surface area contributed by atoms with Crippen molar-refractivity contribution in [3.05, 3.63) is 35.7 Å². The molecular weight excluding hydrogens is 314 g/mol. The highest BCUT2D eigenvalue weighted by Crippen LogP contribution is 2.08. The lowest BCUT2D eigenvalue weighted by atomic mass is 10.3. The molecular formula is C11H13N5O3S2. The molecule has 21 heavy (non-hydrogen) atoms. The Balaban J connectivity index is 1.99. The second-order valence-corrected chi connectivity index (χ2v) is 6.33. The van der Waals surface area contributed by atoms with Gasteiger partial charge in [-0.25, -0.2) is 13.1 Å². The lowest BCUT2D eigenvalue weighted by molar-refractivity contribution is 0.387. The summed E-state index contributed by atoms with van der Waals surface area (Å²) in [6.07, 6.45) is 1.53. The van der Waals surface area contributed by atoms with E-state index in [4.69, 9.17) is 22.5 Å². The van der Waals surface area contributed by atoms with Crippen LogP contribution in [0.4, 0.5) is 0 Å². The molecule has 10 heteroatoms. The summed E-state index contributed by atoms with van der Waals surface area (Å²) in [5.74, 6) is 0.877. The van der Waals surface area contributed by atoms with Gasteiger partial charge >= 0.3 is 0 Å². The fourth-order valence-electron chi connectivity index (χ4n) is 1.51. The van der Waals surface area contributed by atoms with Gasteiger partial charge in [-0.05, 0) is 12.1 Å². The summed E-state index contributed by atoms with van der Waals surface area (Å²) < 4.78 is 31.3. The van der Waals surface area contributed by atoms with Crippen molar-refractivity contribution in [2.75, 3.05) is 6.54 Å². The van der Waals surface area contributed by atoms with Crippen LogP contribution in [0.15, 0.2) is 27.7 Å². The van der Waals surface area contributed by atoms with Crippen molar-refractivity contribution in [3.63, 3.8) is 0 Å². The molecule has 0 saturated carbocycles. The van der Waals surface area contributed by atoms with Gasteiger partial charge in [0.2, 0.25) is 15.9 Å². The zero-order chi connectivity index (χ0) is 15.5. The normalized spacial score (nSPS) is 11.5. The predicted octanol–water partition coefficient (Wildman–Crippen LogP) is -0.0718. The Morgan fingerprint density at radius 3 is 2.76 bits per heavy atom. The zero-order valence-corrected chi connectivity index (χ0v) is 12.7. The second-order valence-electron chi connectivity index (χ2n) is 4.12. The van der Waals surface area contributed by atoms with Crippen LogP contribution in [0.3, 0.4) is 0 Å². The van der Waals surface area contributed by atoms with Gasteiger partial charge in [-0.15, -0.1) is 0 Å². The molecule has 0 bridgehead atoms. The number of sulfonamides is 1. The Hall–Kier alpha value is -1.91. The number of aryl methyl sites for hydroxylation is 1. The van der Waals surface area contributed by atoms with E-state index in [9.17, 15) is 8.42 Å². The maximum Gasteiger partial charge on any atom is 0.242 e. The molecule has 112 valence electrons. The topological polar surface area (TPSA) is 124 Å². The van der Waals surface area contributed by atoms with Crippen molar-refractivity contribution in [2.45, 2.75) is 18.2 Å². The number of thiocarbonyl (C=S) groups is 1. The molecule has 0 aliphatic heterocycles. The van der Waals surface area contributed by atoms with Crippen LogP contribution in [0, 0.1) is 6.92 Å². The number of nitrogens with two attached hydrogens (primary N) is 1. The molecule has 0 aliphatic carbocycles. The summed E-state index contributed by atoms with van der Waals surface area (Å²) in [5, 5.41) is 3.68. The third-order valence-electron chi connectivity index (χ3n) is 2.51. The van der Waals surface area contributed by atoms with Crippen molar-refractivity contribution in [1.82, 2.24) is 19.8 Å². The zero-order valence-electron chi connectivity index (χ0n) is 11.1. The Labute approximate surface area is 126 Å². The molecule has 2 rings (SSSR count). The molecule has 3 N–H and O–H groups in total. The van der Waals surface area contributed by atoms with E-state index in [0.717, 1.165) is 0 Å². The van der Waals surface area contributed by atoms with E-state index >= 15 is 0 Å². The third kappa shape index (κ3) is 4.03. The fraction of sp³-hybridized carbons (Fsp3) is 0.273. The number of aromatic nitrogens is 3. The predicted molar refractivity (Wildman–Crippen MR) is 78.1 cm³/mol. The average Bonchev–Trinajstić information content (AvgIpc) is 2.84. The first-order valence-corrected chi connectivity index (χ1v) is 7.82. The number of rotatable bonds is 6. The van der Waals surface area contributed by atoms with Gasteiger partial charge in [0.25, 0.3) is 0 Å². The summed E-state index contributed by atoms with van der Waals surface area (Å²) >= 11 is 4.75. The van der Waals surface area contributed by atoms with Gasteiger partial charge in [0.15, 0.2) is 5.82 Å². The number of hydrogen-bond donors (Lipinski definition) is 2. The first kappa shape index (κ1) is 15.5. The van der Waals surface area contributed by atoms with Crippen molar-refractivity contribution in [3.8, 4) is 0 Å². The molecule has 2 aromatic heterocycles. The minimum Gasteiger partial charge on any atom is -0.388 e. The highest BCUT2D eigenvalue weighted by Gasteiger charge is 2.15. The van der Waals surface area contributed by atoms with E-state index in [2.05, 4.69) is 19.8 Å². The molecule has 0 fully saturated rings. The highest BCUT2D eigenvalue weighted by atomic mass is 32.2. The van der Waals surface area contributed by atoms with Crippen LogP contribution >= 0.6 is 12.2 Å². The molecule has 0 aromatic carbocycles. The average molecular weight is 327 g/mol. The molecule has 0 unspecified atom stereocenters. The van der Waals surface area contributed by atoms with Crippen LogP contribution in [-0.4, -0.2) is 35.1 Å². The van der Waals surface area contributed by atoms with Crippen molar-refractivity contribution < 1.29 is 12.9 Å². The first-order chi connectivity index (χ1) is 9.88. The van der Waals surface area contributed by atoms with Gasteiger partial charge in [-0.3, -0.25) is 4.98 Å². The van der Waals surface area contributed by atoms with Gasteiger partial charge in [0.05, 0.1) is 5.69 Å². The smallest absolute Gasteiger partial charge is 0.242 e. The van der Waals surface area contributed by atoms with Crippen LogP contribution in [0.2, 0.25) is 0 Å². The van der Waals surface area contributed by atoms with E-state index < -0.39 is 10.0 Å². The Morgan fingerprint density at radius 1 is 1.48 bits per heavy atom. The Kier molecular flexibility index (Phi) is 4.60. The number of nitrogens with one attached hydrogen (secondary N) is 1. The summed E-state index contributed by atoms with van der Waals surface area (Å²) in [6, 6.07) is 2.85. The largest absolute Gasteiger partial charge is 0.388 e. The standard InChI is InChI=1S/C11H13N5O3S2/c1-7-15-10(16-19-7)4-5-14-21(17,18)8-2-3-9(11(12)20)13-6-8/h2-3,6,14H,4-5H2,1H3,(H2,12,20). The SMILES string of the molecule is Cc1nc(CCNS(=O)(=O)c2ccc(C(N)=S)nc2)no1. The maximum absolute atomic E-state index is 12.0. The first-order valence-electron chi connectivity index (χ1n) is 5.93. The van der Waals surface area contributed by atoms with Crippen LogP contribution in [0.5, 0.6) is 0 Å². The molecule has 0 atom stereocenters. The van der Waals surface area contributed by atoms with Gasteiger partial charge in [-0.1, -0.05) is 17.4 Å². The Morgan fingerprint density at radius 2 is 2.24 bits per heavy atom. The van der Waals surface area contributed by atoms with E-state index in [1.54, 1.807) is 6.92 Å². The van der Waals surface area contributed by atoms with Crippen molar-refractivity contribution in [1.29, 1.82) is 0 Å². The summed E-state index contributed by atoms with van der Waals surface area (Å²) in [4.78, 5) is 8.01. The van der Waals surface area contributed by atoms with E-state index in [1.165, 1.54) is 18.3 Å². The lowest BCUT2D eigenvalue weighted by Gasteiger charge is -2.05. The van der Waals surface area contributed by atoms with Crippen molar-refractivity contribution >= 4 is 27.2 Å². The van der Waals surface area contributed by atoms with Gasteiger partial charge in [0.1, 0.15) is 9.88 Å². The van der Waals surface area contributed by atoms with E-state index in [-0.39, 0.29) is 16.4 Å². The van der Waals surface area contributed by atoms with Gasteiger partial charge in [-0.2, -0.15) is 4.98 Å². The minimum atomic E-state index is -3.65. The maximum atomic E-state index is 12.0. The van der Waals surface area contributed by atoms with Crippen LogP contribution < -0.4 is 10.5 Å². The Bertz CT molecular complexity index is 739. The summed E-state index contributed by atoms with van der Waals surface area (Å²) in [6.45, 7) is 1.81. The van der Waals surface area contributed by atoms with Crippen LogP contribution in [0.1, 0.15) is 17.4 Å². The summed E-state index contributed by atoms with van der Waals surface area (Å²) in [5.41, 5.74) is 5.77. The monoisotopic (exact) mass is 327 g/mol. The fourth-order valence-corrected chi connectivity index (χ4v) is 2.61. The quantitative estimate of drug-likeness (QED) is 0.706. The van der Waals surface area contributed by atoms with Crippen LogP contribution in [-0.2, 0) is 16.4 Å². The molecule has 0 amide bonds. The van der Waals surface area contributed by atoms with Crippen LogP contribution in [0.25, 0.3) is 0 Å². The highest BCUT2D eigenvalue weighted by molar-refractivity contribution is 7.89. The molecule has 0 aliphatic rings. The molecule has 2 aromatic rings.